The predicted molar refractivity (Wildman–Crippen MR) is 130 cm³/mol. The Morgan fingerprint density at radius 3 is 2.26 bits per heavy atom. The van der Waals surface area contributed by atoms with Crippen molar-refractivity contribution in [3.05, 3.63) is 29.8 Å². The summed E-state index contributed by atoms with van der Waals surface area (Å²) < 4.78 is 0. The van der Waals surface area contributed by atoms with Crippen molar-refractivity contribution in [2.45, 2.75) is 63.7 Å². The molecule has 5 unspecified atom stereocenters. The van der Waals surface area contributed by atoms with E-state index < -0.39 is 35.9 Å². The Bertz CT molecular complexity index is 860. The maximum Gasteiger partial charge on any atom is 0.326 e. The number of nitrogens with one attached hydrogen (secondary N) is 4. The summed E-state index contributed by atoms with van der Waals surface area (Å²) in [5, 5.41) is 30.0. The van der Waals surface area contributed by atoms with E-state index in [-0.39, 0.29) is 35.8 Å². The van der Waals surface area contributed by atoms with E-state index in [1.165, 1.54) is 12.1 Å². The SMILES string of the molecule is CCC(C)C(NC(=O)C(Cc1ccc(O)cc1)NC(=O)C(CS)NC(=O)C1CCCN1)C(=O)O. The lowest BCUT2D eigenvalue weighted by molar-refractivity contribution is -0.143. The summed E-state index contributed by atoms with van der Waals surface area (Å²) in [5.74, 6) is -2.99. The fourth-order valence-electron chi connectivity index (χ4n) is 3.66. The Kier molecular flexibility index (Phi) is 10.6. The molecule has 0 aromatic heterocycles. The second kappa shape index (κ2) is 13.2. The van der Waals surface area contributed by atoms with Crippen LogP contribution in [0.5, 0.6) is 5.75 Å². The van der Waals surface area contributed by atoms with Crippen LogP contribution in [0.25, 0.3) is 0 Å². The molecule has 1 aromatic rings. The van der Waals surface area contributed by atoms with Crippen LogP contribution in [-0.4, -0.2) is 70.4 Å². The van der Waals surface area contributed by atoms with Gasteiger partial charge in [-0.25, -0.2) is 4.79 Å². The van der Waals surface area contributed by atoms with Gasteiger partial charge in [-0.3, -0.25) is 14.4 Å². The van der Waals surface area contributed by atoms with Crippen LogP contribution in [0.3, 0.4) is 0 Å². The molecule has 1 heterocycles. The summed E-state index contributed by atoms with van der Waals surface area (Å²) in [6.07, 6.45) is 2.13. The number of rotatable bonds is 12. The highest BCUT2D eigenvalue weighted by Gasteiger charge is 2.32. The lowest BCUT2D eigenvalue weighted by atomic mass is 9.98. The van der Waals surface area contributed by atoms with Crippen molar-refractivity contribution >= 4 is 36.3 Å². The molecule has 1 saturated heterocycles. The van der Waals surface area contributed by atoms with Crippen LogP contribution in [0.15, 0.2) is 24.3 Å². The maximum atomic E-state index is 13.1. The van der Waals surface area contributed by atoms with Crippen molar-refractivity contribution in [2.24, 2.45) is 5.92 Å². The van der Waals surface area contributed by atoms with Crippen molar-refractivity contribution in [3.8, 4) is 5.75 Å². The average molecular weight is 495 g/mol. The normalized spacial score (nSPS) is 18.9. The number of phenols is 1. The standard InChI is InChI=1S/C23H34N4O6S/c1-3-13(2)19(23(32)33)27-21(30)17(11-14-6-8-15(28)9-7-14)25-22(31)18(12-34)26-20(29)16-5-4-10-24-16/h6-9,13,16-19,24,28,34H,3-5,10-12H2,1-2H3,(H,25,31)(H,26,29)(H,27,30)(H,32,33). The summed E-state index contributed by atoms with van der Waals surface area (Å²) in [6.45, 7) is 4.27. The monoisotopic (exact) mass is 494 g/mol. The molecule has 0 aliphatic carbocycles. The van der Waals surface area contributed by atoms with Gasteiger partial charge in [-0.2, -0.15) is 12.6 Å². The van der Waals surface area contributed by atoms with Gasteiger partial charge in [0, 0.05) is 12.2 Å². The molecule has 11 heteroatoms. The van der Waals surface area contributed by atoms with Gasteiger partial charge in [-0.15, -0.1) is 0 Å². The zero-order chi connectivity index (χ0) is 25.3. The van der Waals surface area contributed by atoms with Crippen molar-refractivity contribution < 1.29 is 29.4 Å². The third kappa shape index (κ3) is 7.91. The number of carbonyl (C=O) groups excluding carboxylic acids is 3. The maximum absolute atomic E-state index is 13.1. The fraction of sp³-hybridized carbons (Fsp3) is 0.565. The number of amides is 3. The van der Waals surface area contributed by atoms with Gasteiger partial charge in [-0.05, 0) is 43.0 Å². The van der Waals surface area contributed by atoms with Gasteiger partial charge in [0.25, 0.3) is 0 Å². The molecule has 1 aliphatic heterocycles. The highest BCUT2D eigenvalue weighted by atomic mass is 32.1. The molecule has 188 valence electrons. The van der Waals surface area contributed by atoms with E-state index in [9.17, 15) is 29.4 Å². The van der Waals surface area contributed by atoms with Crippen molar-refractivity contribution in [1.29, 1.82) is 0 Å². The van der Waals surface area contributed by atoms with Gasteiger partial charge in [-0.1, -0.05) is 32.4 Å². The number of hydrogen-bond donors (Lipinski definition) is 7. The molecular weight excluding hydrogens is 460 g/mol. The fourth-order valence-corrected chi connectivity index (χ4v) is 3.92. The number of carboxylic acid groups (broad SMARTS) is 1. The van der Waals surface area contributed by atoms with Crippen LogP contribution in [0.2, 0.25) is 0 Å². The van der Waals surface area contributed by atoms with E-state index >= 15 is 0 Å². The zero-order valence-electron chi connectivity index (χ0n) is 19.4. The molecule has 0 radical (unpaired) electrons. The number of thiol groups is 1. The predicted octanol–water partition coefficient (Wildman–Crippen LogP) is 0.202. The minimum Gasteiger partial charge on any atom is -0.508 e. The van der Waals surface area contributed by atoms with E-state index in [0.29, 0.717) is 18.4 Å². The minimum atomic E-state index is -1.16. The number of aromatic hydroxyl groups is 1. The number of hydrogen-bond acceptors (Lipinski definition) is 7. The van der Waals surface area contributed by atoms with Crippen LogP contribution in [0, 0.1) is 5.92 Å². The number of benzene rings is 1. The van der Waals surface area contributed by atoms with Gasteiger partial charge in [0.15, 0.2) is 0 Å². The van der Waals surface area contributed by atoms with Crippen LogP contribution < -0.4 is 21.3 Å². The van der Waals surface area contributed by atoms with Crippen molar-refractivity contribution in [3.63, 3.8) is 0 Å². The Morgan fingerprint density at radius 2 is 1.74 bits per heavy atom. The van der Waals surface area contributed by atoms with E-state index in [1.807, 2.05) is 6.92 Å². The Labute approximate surface area is 204 Å². The lowest BCUT2D eigenvalue weighted by Gasteiger charge is -2.26. The molecule has 1 fully saturated rings. The highest BCUT2D eigenvalue weighted by molar-refractivity contribution is 7.80. The average Bonchev–Trinajstić information content (AvgIpc) is 3.36. The molecule has 2 rings (SSSR count). The van der Waals surface area contributed by atoms with Crippen LogP contribution in [-0.2, 0) is 25.6 Å². The molecule has 0 saturated carbocycles. The molecule has 3 amide bonds. The Morgan fingerprint density at radius 1 is 1.09 bits per heavy atom. The van der Waals surface area contributed by atoms with Crippen molar-refractivity contribution in [1.82, 2.24) is 21.3 Å². The molecule has 1 aromatic carbocycles. The molecule has 34 heavy (non-hydrogen) atoms. The largest absolute Gasteiger partial charge is 0.508 e. The quantitative estimate of drug-likeness (QED) is 0.205. The van der Waals surface area contributed by atoms with Crippen LogP contribution >= 0.6 is 12.6 Å². The number of phenolic OH excluding ortho intramolecular Hbond substituents is 1. The van der Waals surface area contributed by atoms with E-state index in [2.05, 4.69) is 33.9 Å². The number of carboxylic acids is 1. The minimum absolute atomic E-state index is 0.0163. The summed E-state index contributed by atoms with van der Waals surface area (Å²) in [4.78, 5) is 50.2. The first-order valence-corrected chi connectivity index (χ1v) is 12.1. The molecule has 1 aliphatic rings. The lowest BCUT2D eigenvalue weighted by Crippen LogP contribution is -2.58. The first kappa shape index (κ1) is 27.5. The molecule has 6 N–H and O–H groups in total. The Balaban J connectivity index is 2.17. The van der Waals surface area contributed by atoms with Crippen LogP contribution in [0.1, 0.15) is 38.7 Å². The van der Waals surface area contributed by atoms with Crippen LogP contribution in [0.4, 0.5) is 0 Å². The van der Waals surface area contributed by atoms with Crippen molar-refractivity contribution in [2.75, 3.05) is 12.3 Å². The molecule has 0 spiro atoms. The summed E-state index contributed by atoms with van der Waals surface area (Å²) in [5.41, 5.74) is 0.648. The number of carbonyl (C=O) groups is 4. The molecule has 10 nitrogen and oxygen atoms in total. The summed E-state index contributed by atoms with van der Waals surface area (Å²) in [7, 11) is 0. The van der Waals surface area contributed by atoms with Gasteiger partial charge >= 0.3 is 5.97 Å². The van der Waals surface area contributed by atoms with Gasteiger partial charge < -0.3 is 31.5 Å². The van der Waals surface area contributed by atoms with E-state index in [1.54, 1.807) is 19.1 Å². The van der Waals surface area contributed by atoms with E-state index in [4.69, 9.17) is 0 Å². The van der Waals surface area contributed by atoms with Gasteiger partial charge in [0.05, 0.1) is 6.04 Å². The second-order valence-electron chi connectivity index (χ2n) is 8.53. The molecule has 0 bridgehead atoms. The van der Waals surface area contributed by atoms with Gasteiger partial charge in [0.2, 0.25) is 17.7 Å². The zero-order valence-corrected chi connectivity index (χ0v) is 20.3. The second-order valence-corrected chi connectivity index (χ2v) is 8.90. The van der Waals surface area contributed by atoms with E-state index in [0.717, 1.165) is 13.0 Å². The first-order valence-electron chi connectivity index (χ1n) is 11.4. The molecular formula is C23H34N4O6S. The topological polar surface area (TPSA) is 157 Å². The Hall–Kier alpha value is -2.79. The van der Waals surface area contributed by atoms with Gasteiger partial charge in [0.1, 0.15) is 23.9 Å². The smallest absolute Gasteiger partial charge is 0.326 e. The third-order valence-electron chi connectivity index (χ3n) is 5.98. The number of aliphatic carboxylic acids is 1. The highest BCUT2D eigenvalue weighted by Crippen LogP contribution is 2.13. The first-order chi connectivity index (χ1) is 16.2. The summed E-state index contributed by atoms with van der Waals surface area (Å²) >= 11 is 4.18. The molecule has 5 atom stereocenters. The third-order valence-corrected chi connectivity index (χ3v) is 6.34. The summed E-state index contributed by atoms with van der Waals surface area (Å²) in [6, 6.07) is 2.55.